The third-order valence-corrected chi connectivity index (χ3v) is 7.66. The molecule has 1 heterocycles. The van der Waals surface area contributed by atoms with Gasteiger partial charge in [-0.1, -0.05) is 6.92 Å². The normalized spacial score (nSPS) is 25.0. The first-order valence-electron chi connectivity index (χ1n) is 6.69. The number of benzene rings is 1. The molecule has 0 bridgehead atoms. The van der Waals surface area contributed by atoms with Gasteiger partial charge in [-0.15, -0.1) is 0 Å². The molecule has 21 heavy (non-hydrogen) atoms. The van der Waals surface area contributed by atoms with Crippen molar-refractivity contribution in [3.05, 3.63) is 30.1 Å². The van der Waals surface area contributed by atoms with E-state index in [9.17, 15) is 21.2 Å². The van der Waals surface area contributed by atoms with Crippen LogP contribution >= 0.6 is 0 Å². The first kappa shape index (κ1) is 16.4. The Balaban J connectivity index is 2.34. The molecule has 1 aromatic carbocycles. The van der Waals surface area contributed by atoms with Crippen molar-refractivity contribution < 1.29 is 21.2 Å². The van der Waals surface area contributed by atoms with E-state index in [1.54, 1.807) is 0 Å². The summed E-state index contributed by atoms with van der Waals surface area (Å²) in [5, 5.41) is 1.96. The van der Waals surface area contributed by atoms with Gasteiger partial charge in [0.25, 0.3) is 0 Å². The van der Waals surface area contributed by atoms with Crippen LogP contribution in [0.25, 0.3) is 0 Å². The number of rotatable bonds is 5. The Bertz CT molecular complexity index is 698. The summed E-state index contributed by atoms with van der Waals surface area (Å²) in [4.78, 5) is -0.0469. The van der Waals surface area contributed by atoms with Crippen LogP contribution in [0, 0.1) is 5.82 Å². The van der Waals surface area contributed by atoms with Gasteiger partial charge in [0.1, 0.15) is 5.82 Å². The Hall–Kier alpha value is -0.990. The molecule has 0 saturated carbocycles. The van der Waals surface area contributed by atoms with Crippen molar-refractivity contribution >= 4 is 19.7 Å². The van der Waals surface area contributed by atoms with Gasteiger partial charge in [0.05, 0.1) is 21.7 Å². The third kappa shape index (κ3) is 3.61. The summed E-state index contributed by atoms with van der Waals surface area (Å²) in [5.41, 5.74) is 0. The smallest absolute Gasteiger partial charge is 0.183 e. The van der Waals surface area contributed by atoms with Crippen molar-refractivity contribution in [1.82, 2.24) is 5.32 Å². The van der Waals surface area contributed by atoms with Gasteiger partial charge in [-0.25, -0.2) is 21.2 Å². The molecule has 0 aromatic heterocycles. The summed E-state index contributed by atoms with van der Waals surface area (Å²) in [6.45, 7) is 2.47. The molecule has 0 spiro atoms. The molecule has 2 rings (SSSR count). The molecule has 8 heteroatoms. The van der Waals surface area contributed by atoms with Crippen LogP contribution in [0.4, 0.5) is 4.39 Å². The topological polar surface area (TPSA) is 80.3 Å². The Labute approximate surface area is 124 Å². The lowest BCUT2D eigenvalue weighted by Crippen LogP contribution is -2.43. The van der Waals surface area contributed by atoms with Crippen molar-refractivity contribution in [2.75, 3.05) is 18.1 Å². The highest BCUT2D eigenvalue weighted by Crippen LogP contribution is 2.26. The molecule has 0 amide bonds. The zero-order chi connectivity index (χ0) is 15.7. The Morgan fingerprint density at radius 1 is 1.24 bits per heavy atom. The minimum atomic E-state index is -3.81. The number of halogens is 1. The van der Waals surface area contributed by atoms with Gasteiger partial charge in [-0.05, 0) is 37.2 Å². The monoisotopic (exact) mass is 335 g/mol. The lowest BCUT2D eigenvalue weighted by Gasteiger charge is -2.19. The molecule has 0 unspecified atom stereocenters. The molecule has 1 aliphatic rings. The molecule has 1 aliphatic heterocycles. The molecular formula is C13H18FNO4S2. The largest absolute Gasteiger partial charge is 0.312 e. The predicted octanol–water partition coefficient (Wildman–Crippen LogP) is 0.765. The standard InChI is InChI=1S/C13H18FNO4S2/c1-2-7-15-12-8-20(16,17)9-13(12)21(18,19)11-5-3-10(14)4-6-11/h3-6,12-13,15H,2,7-9H2,1H3/t12-,13-/m1/s1. The van der Waals surface area contributed by atoms with E-state index in [0.29, 0.717) is 6.54 Å². The second-order valence-electron chi connectivity index (χ2n) is 5.17. The SMILES string of the molecule is CCCN[C@@H]1CS(=O)(=O)C[C@H]1S(=O)(=O)c1ccc(F)cc1. The summed E-state index contributed by atoms with van der Waals surface area (Å²) in [6.07, 6.45) is 0.778. The van der Waals surface area contributed by atoms with E-state index in [1.165, 1.54) is 12.1 Å². The minimum Gasteiger partial charge on any atom is -0.312 e. The van der Waals surface area contributed by atoms with Crippen LogP contribution in [0.2, 0.25) is 0 Å². The van der Waals surface area contributed by atoms with E-state index in [4.69, 9.17) is 0 Å². The lowest BCUT2D eigenvalue weighted by atomic mass is 10.2. The highest BCUT2D eigenvalue weighted by Gasteiger charge is 2.45. The van der Waals surface area contributed by atoms with Crippen molar-refractivity contribution in [1.29, 1.82) is 0 Å². The first-order chi connectivity index (χ1) is 9.76. The van der Waals surface area contributed by atoms with Crippen molar-refractivity contribution in [2.45, 2.75) is 29.5 Å². The van der Waals surface area contributed by atoms with E-state index < -0.39 is 42.5 Å². The van der Waals surface area contributed by atoms with Crippen LogP contribution in [0.1, 0.15) is 13.3 Å². The van der Waals surface area contributed by atoms with E-state index in [1.807, 2.05) is 6.92 Å². The molecule has 118 valence electrons. The fraction of sp³-hybridized carbons (Fsp3) is 0.538. The van der Waals surface area contributed by atoms with Crippen molar-refractivity contribution in [2.24, 2.45) is 0 Å². The summed E-state index contributed by atoms with van der Waals surface area (Å²) < 4.78 is 61.6. The molecule has 1 fully saturated rings. The molecule has 2 atom stereocenters. The molecular weight excluding hydrogens is 317 g/mol. The Kier molecular flexibility index (Phi) is 4.69. The number of hydrogen-bond donors (Lipinski definition) is 1. The fourth-order valence-electron chi connectivity index (χ4n) is 2.44. The van der Waals surface area contributed by atoms with Gasteiger partial charge >= 0.3 is 0 Å². The highest BCUT2D eigenvalue weighted by molar-refractivity contribution is 7.96. The second kappa shape index (κ2) is 6.02. The summed E-state index contributed by atoms with van der Waals surface area (Å²) >= 11 is 0. The Morgan fingerprint density at radius 3 is 2.43 bits per heavy atom. The van der Waals surface area contributed by atoms with Gasteiger partial charge in [-0.3, -0.25) is 0 Å². The highest BCUT2D eigenvalue weighted by atomic mass is 32.2. The van der Waals surface area contributed by atoms with Crippen LogP contribution in [0.5, 0.6) is 0 Å². The van der Waals surface area contributed by atoms with Crippen molar-refractivity contribution in [3.63, 3.8) is 0 Å². The van der Waals surface area contributed by atoms with Crippen LogP contribution in [-0.4, -0.2) is 46.2 Å². The van der Waals surface area contributed by atoms with Crippen molar-refractivity contribution in [3.8, 4) is 0 Å². The quantitative estimate of drug-likeness (QED) is 0.804. The maximum Gasteiger partial charge on any atom is 0.183 e. The third-order valence-electron chi connectivity index (χ3n) is 3.50. The van der Waals surface area contributed by atoms with E-state index >= 15 is 0 Å². The maximum absolute atomic E-state index is 12.9. The zero-order valence-electron chi connectivity index (χ0n) is 11.6. The van der Waals surface area contributed by atoms with Gasteiger partial charge in [0, 0.05) is 6.04 Å². The number of hydrogen-bond acceptors (Lipinski definition) is 5. The van der Waals surface area contributed by atoms with Crippen LogP contribution in [0.3, 0.4) is 0 Å². The molecule has 0 radical (unpaired) electrons. The van der Waals surface area contributed by atoms with Gasteiger partial charge in [0.2, 0.25) is 0 Å². The number of nitrogens with one attached hydrogen (secondary N) is 1. The fourth-order valence-corrected chi connectivity index (χ4v) is 7.16. The zero-order valence-corrected chi connectivity index (χ0v) is 13.3. The van der Waals surface area contributed by atoms with E-state index in [-0.39, 0.29) is 10.6 Å². The average Bonchev–Trinajstić information content (AvgIpc) is 2.73. The van der Waals surface area contributed by atoms with E-state index in [0.717, 1.165) is 18.6 Å². The average molecular weight is 335 g/mol. The molecule has 1 N–H and O–H groups in total. The maximum atomic E-state index is 12.9. The summed E-state index contributed by atoms with van der Waals surface area (Å²) in [6, 6.07) is 3.85. The van der Waals surface area contributed by atoms with E-state index in [2.05, 4.69) is 5.32 Å². The number of sulfone groups is 2. The van der Waals surface area contributed by atoms with Gasteiger partial charge in [0.15, 0.2) is 19.7 Å². The molecule has 1 saturated heterocycles. The van der Waals surface area contributed by atoms with Crippen LogP contribution in [0.15, 0.2) is 29.2 Å². The lowest BCUT2D eigenvalue weighted by molar-refractivity contribution is 0.525. The molecule has 5 nitrogen and oxygen atoms in total. The van der Waals surface area contributed by atoms with Crippen LogP contribution in [-0.2, 0) is 19.7 Å². The first-order valence-corrected chi connectivity index (χ1v) is 10.1. The van der Waals surface area contributed by atoms with Gasteiger partial charge in [-0.2, -0.15) is 0 Å². The Morgan fingerprint density at radius 2 is 1.86 bits per heavy atom. The summed E-state index contributed by atoms with van der Waals surface area (Å²) in [7, 11) is -7.20. The van der Waals surface area contributed by atoms with Crippen LogP contribution < -0.4 is 5.32 Å². The molecule has 1 aromatic rings. The predicted molar refractivity (Wildman–Crippen MR) is 78.1 cm³/mol. The van der Waals surface area contributed by atoms with Gasteiger partial charge < -0.3 is 5.32 Å². The minimum absolute atomic E-state index is 0.0469. The molecule has 0 aliphatic carbocycles. The summed E-state index contributed by atoms with van der Waals surface area (Å²) in [5.74, 6) is -1.11. The second-order valence-corrected chi connectivity index (χ2v) is 9.50.